The average Bonchev–Trinajstić information content (AvgIpc) is 1.57. The lowest BCUT2D eigenvalue weighted by molar-refractivity contribution is 0.535. The van der Waals surface area contributed by atoms with Gasteiger partial charge in [0, 0.05) is 43.7 Å². The molecular weight excluding hydrogens is 1120 g/mol. The summed E-state index contributed by atoms with van der Waals surface area (Å²) in [5.74, 6) is 0. The zero-order valence-electron chi connectivity index (χ0n) is 58.5. The number of nitrogens with zero attached hydrogens (tertiary/aromatic N) is 3. The van der Waals surface area contributed by atoms with Crippen molar-refractivity contribution in [1.29, 1.82) is 0 Å². The van der Waals surface area contributed by atoms with E-state index >= 15 is 0 Å². The molecule has 13 rings (SSSR count). The minimum atomic E-state index is -0.173. The minimum absolute atomic E-state index is 0. The summed E-state index contributed by atoms with van der Waals surface area (Å²) in [5.41, 5.74) is 25.9. The van der Waals surface area contributed by atoms with Gasteiger partial charge in [0.2, 0.25) is 0 Å². The van der Waals surface area contributed by atoms with Crippen LogP contribution in [-0.4, -0.2) is 13.7 Å². The highest BCUT2D eigenvalue weighted by Gasteiger charge is 2.34. The van der Waals surface area contributed by atoms with Crippen molar-refractivity contribution in [3.05, 3.63) is 245 Å². The van der Waals surface area contributed by atoms with Crippen molar-refractivity contribution in [2.75, 3.05) is 0 Å². The predicted molar refractivity (Wildman–Crippen MR) is 411 cm³/mol. The van der Waals surface area contributed by atoms with E-state index in [9.17, 15) is 0 Å². The van der Waals surface area contributed by atoms with Crippen molar-refractivity contribution in [3.63, 3.8) is 0 Å². The van der Waals surface area contributed by atoms with E-state index in [1.54, 1.807) is 0 Å². The molecule has 0 aliphatic heterocycles. The van der Waals surface area contributed by atoms with Crippen molar-refractivity contribution >= 4 is 65.4 Å². The molecule has 3 nitrogen and oxygen atoms in total. The minimum Gasteiger partial charge on any atom is -0.309 e. The largest absolute Gasteiger partial charge is 0.309 e. The quantitative estimate of drug-likeness (QED) is 0.163. The van der Waals surface area contributed by atoms with Gasteiger partial charge in [-0.2, -0.15) is 0 Å². The first-order valence-corrected chi connectivity index (χ1v) is 33.3. The Bertz CT molecular complexity index is 4810. The lowest BCUT2D eigenvalue weighted by Crippen LogP contribution is -2.22. The lowest BCUT2D eigenvalue weighted by atomic mass is 9.73. The van der Waals surface area contributed by atoms with Crippen LogP contribution >= 0.6 is 0 Å². The van der Waals surface area contributed by atoms with Gasteiger partial charge in [-0.05, 0) is 166 Å². The Hall–Kier alpha value is -8.40. The second kappa shape index (κ2) is 23.9. The standard InChI is InChI=1S/C48H48N2.C40H49N.2CH4/c1-46(2,3)32-28-33(47(4,5)6)30-34(29-32)49-40-25-17-22-35(31-18-11-10-12-19-31)43(40)44-41(49)26-27-42(45(44)48(7,8)9)50-38-23-15-13-20-36(38)37-21-14-16-24-39(37)50;1-37(2,3)27-23-28(38(4,5)6)25-29(24-27)41-32-20-16-19-30(26-17-14-13-15-18-26)34(32)35-33(41)22-21-31(39(7,8)9)36(35)40(10,11)12;;/h10-30H,1-9H3;13-25H,1-12H3;2*1H4. The van der Waals surface area contributed by atoms with E-state index in [2.05, 4.69) is 365 Å². The fourth-order valence-corrected chi connectivity index (χ4v) is 14.3. The van der Waals surface area contributed by atoms with Crippen molar-refractivity contribution in [2.45, 2.75) is 198 Å². The molecule has 0 atom stereocenters. The second-order valence-corrected chi connectivity index (χ2v) is 33.2. The first-order valence-electron chi connectivity index (χ1n) is 33.3. The molecule has 3 aromatic heterocycles. The average molecular weight is 1230 g/mol. The van der Waals surface area contributed by atoms with Crippen molar-refractivity contribution in [1.82, 2.24) is 13.7 Å². The third-order valence-corrected chi connectivity index (χ3v) is 19.0. The third kappa shape index (κ3) is 12.2. The molecule has 93 heavy (non-hydrogen) atoms. The second-order valence-electron chi connectivity index (χ2n) is 33.2. The molecule has 0 aliphatic carbocycles. The van der Waals surface area contributed by atoms with Gasteiger partial charge < -0.3 is 13.7 Å². The van der Waals surface area contributed by atoms with Crippen LogP contribution < -0.4 is 0 Å². The van der Waals surface area contributed by atoms with Crippen LogP contribution in [0.2, 0.25) is 0 Å². The highest BCUT2D eigenvalue weighted by Crippen LogP contribution is 2.50. The summed E-state index contributed by atoms with van der Waals surface area (Å²) in [5, 5.41) is 7.93. The number of fused-ring (bicyclic) bond motifs is 9. The number of benzene rings is 10. The Kier molecular flexibility index (Phi) is 17.3. The number of aromatic nitrogens is 3. The third-order valence-electron chi connectivity index (χ3n) is 19.0. The maximum absolute atomic E-state index is 2.55. The molecular formula is C90H105N3. The molecule has 0 fully saturated rings. The summed E-state index contributed by atoms with van der Waals surface area (Å²) >= 11 is 0. The van der Waals surface area contributed by atoms with Gasteiger partial charge >= 0.3 is 0 Å². The summed E-state index contributed by atoms with van der Waals surface area (Å²) < 4.78 is 7.60. The summed E-state index contributed by atoms with van der Waals surface area (Å²) in [4.78, 5) is 0. The highest BCUT2D eigenvalue weighted by atomic mass is 15.0. The summed E-state index contributed by atoms with van der Waals surface area (Å²) in [6.45, 7) is 49.2. The van der Waals surface area contributed by atoms with Crippen molar-refractivity contribution < 1.29 is 0 Å². The Labute approximate surface area is 558 Å². The lowest BCUT2D eigenvalue weighted by Gasteiger charge is -2.31. The van der Waals surface area contributed by atoms with Crippen LogP contribution in [0.3, 0.4) is 0 Å². The molecule has 0 radical (unpaired) electrons. The zero-order chi connectivity index (χ0) is 65.3. The van der Waals surface area contributed by atoms with Crippen LogP contribution in [0.4, 0.5) is 0 Å². The molecule has 0 bridgehead atoms. The van der Waals surface area contributed by atoms with E-state index in [0.29, 0.717) is 0 Å². The van der Waals surface area contributed by atoms with Crippen LogP contribution in [0.5, 0.6) is 0 Å². The Balaban J connectivity index is 0.000000203. The zero-order valence-corrected chi connectivity index (χ0v) is 58.5. The fourth-order valence-electron chi connectivity index (χ4n) is 14.3. The Morgan fingerprint density at radius 2 is 0.559 bits per heavy atom. The van der Waals surface area contributed by atoms with Gasteiger partial charge in [-0.25, -0.2) is 0 Å². The monoisotopic (exact) mass is 1230 g/mol. The van der Waals surface area contributed by atoms with Crippen LogP contribution in [0.25, 0.3) is 105 Å². The predicted octanol–water partition coefficient (Wildman–Crippen LogP) is 26.4. The maximum Gasteiger partial charge on any atom is 0.0547 e. The van der Waals surface area contributed by atoms with E-state index in [4.69, 9.17) is 0 Å². The van der Waals surface area contributed by atoms with Crippen LogP contribution in [0.1, 0.15) is 199 Å². The number of hydrogen-bond acceptors (Lipinski definition) is 0. The van der Waals surface area contributed by atoms with Gasteiger partial charge in [-0.15, -0.1) is 0 Å². The van der Waals surface area contributed by atoms with Crippen LogP contribution in [0, 0.1) is 0 Å². The van der Waals surface area contributed by atoms with Gasteiger partial charge in [-0.3, -0.25) is 0 Å². The van der Waals surface area contributed by atoms with Gasteiger partial charge in [-0.1, -0.05) is 300 Å². The first kappa shape index (κ1) is 67.5. The van der Waals surface area contributed by atoms with E-state index in [0.717, 1.165) is 0 Å². The van der Waals surface area contributed by atoms with Gasteiger partial charge in [0.1, 0.15) is 0 Å². The molecule has 480 valence electrons. The number of para-hydroxylation sites is 2. The van der Waals surface area contributed by atoms with Gasteiger partial charge in [0.15, 0.2) is 0 Å². The van der Waals surface area contributed by atoms with Crippen molar-refractivity contribution in [3.8, 4) is 39.3 Å². The normalized spacial score (nSPS) is 12.8. The summed E-state index contributed by atoms with van der Waals surface area (Å²) in [6.07, 6.45) is 0. The van der Waals surface area contributed by atoms with Crippen LogP contribution in [0.15, 0.2) is 206 Å². The molecule has 0 aliphatic rings. The summed E-state index contributed by atoms with van der Waals surface area (Å²) in [7, 11) is 0. The molecule has 0 N–H and O–H groups in total. The Morgan fingerprint density at radius 3 is 0.914 bits per heavy atom. The number of rotatable bonds is 5. The molecule has 3 heteroatoms. The molecule has 3 heterocycles. The molecule has 0 spiro atoms. The SMILES string of the molecule is C.C.CC(C)(C)c1cc(-n2c3cccc(-c4ccccc4)c3c3c(C(C)(C)C)c(-n4c5ccccc5c5ccccc54)ccc32)cc(C(C)(C)C)c1.CC(C)(C)c1cc(-n2c3cccc(-c4ccccc4)c3c3c(C(C)(C)C)c(C(C)(C)C)ccc32)cc(C(C)(C)C)c1. The van der Waals surface area contributed by atoms with E-state index < -0.39 is 0 Å². The van der Waals surface area contributed by atoms with E-state index in [1.165, 1.54) is 144 Å². The summed E-state index contributed by atoms with van der Waals surface area (Å²) in [6, 6.07) is 77.5. The van der Waals surface area contributed by atoms with Gasteiger partial charge in [0.25, 0.3) is 0 Å². The molecule has 0 saturated carbocycles. The Morgan fingerprint density at radius 1 is 0.237 bits per heavy atom. The molecule has 13 aromatic rings. The number of hydrogen-bond donors (Lipinski definition) is 0. The molecule has 0 unspecified atom stereocenters. The maximum atomic E-state index is 2.55. The fraction of sp³-hybridized carbons (Fsp3) is 0.333. The smallest absolute Gasteiger partial charge is 0.0547 e. The first-order chi connectivity index (χ1) is 42.6. The van der Waals surface area contributed by atoms with E-state index in [-0.39, 0.29) is 52.8 Å². The molecule has 0 saturated heterocycles. The highest BCUT2D eigenvalue weighted by molar-refractivity contribution is 6.20. The van der Waals surface area contributed by atoms with E-state index in [1.807, 2.05) is 0 Å². The molecule has 0 amide bonds. The van der Waals surface area contributed by atoms with Gasteiger partial charge in [0.05, 0.1) is 38.8 Å². The van der Waals surface area contributed by atoms with Crippen LogP contribution in [-0.2, 0) is 37.9 Å². The van der Waals surface area contributed by atoms with Crippen molar-refractivity contribution in [2.24, 2.45) is 0 Å². The molecule has 10 aromatic carbocycles. The topological polar surface area (TPSA) is 14.8 Å².